The molecule has 0 spiro atoms. The number of carbonyl (C=O) groups is 1. The fraction of sp³-hybridized carbons (Fsp3) is 0.370. The van der Waals surface area contributed by atoms with Crippen LogP contribution in [0.2, 0.25) is 0 Å². The van der Waals surface area contributed by atoms with E-state index >= 15 is 0 Å². The van der Waals surface area contributed by atoms with Crippen LogP contribution in [-0.4, -0.2) is 52.1 Å². The van der Waals surface area contributed by atoms with Gasteiger partial charge < -0.3 is 9.30 Å². The van der Waals surface area contributed by atoms with Crippen molar-refractivity contribution in [3.05, 3.63) is 64.9 Å². The van der Waals surface area contributed by atoms with E-state index in [0.717, 1.165) is 11.1 Å². The second-order valence-corrected chi connectivity index (χ2v) is 9.67. The SMILES string of the molecule is CCc1cc(F)ccc1Cn1c(-c2ccc(F)c(OC)c2)nc2c1N1CC(C)(C)N=C1N(CC)C2=O. The molecule has 0 N–H and O–H groups in total. The molecule has 2 aliphatic rings. The Hall–Kier alpha value is -3.75. The first-order valence-corrected chi connectivity index (χ1v) is 12.1. The highest BCUT2D eigenvalue weighted by Gasteiger charge is 2.45. The number of hydrogen-bond acceptors (Lipinski definition) is 5. The molecule has 9 heteroatoms. The standard InChI is InChI=1S/C27H29F2N5O2/c1-6-16-12-19(28)10-8-18(16)14-33-23(17-9-11-20(29)21(13-17)36-5)30-22-24(33)34-15-27(3,4)31-26(34)32(7-2)25(22)35/h8-13H,6-7,14-15H2,1-5H3. The van der Waals surface area contributed by atoms with Crippen molar-refractivity contribution in [2.24, 2.45) is 4.99 Å². The monoisotopic (exact) mass is 493 g/mol. The number of fused-ring (bicyclic) bond motifs is 3. The molecule has 0 atom stereocenters. The number of aliphatic imine (C=N–C) groups is 1. The van der Waals surface area contributed by atoms with E-state index in [9.17, 15) is 13.6 Å². The van der Waals surface area contributed by atoms with Crippen LogP contribution >= 0.6 is 0 Å². The van der Waals surface area contributed by atoms with Gasteiger partial charge in [0, 0.05) is 12.1 Å². The molecular formula is C27H29F2N5O2. The molecule has 0 fully saturated rings. The summed E-state index contributed by atoms with van der Waals surface area (Å²) in [5.41, 5.74) is 2.30. The van der Waals surface area contributed by atoms with E-state index in [1.165, 1.54) is 25.3 Å². The smallest absolute Gasteiger partial charge is 0.283 e. The number of nitrogens with zero attached hydrogens (tertiary/aromatic N) is 5. The van der Waals surface area contributed by atoms with E-state index in [1.807, 2.05) is 37.2 Å². The second-order valence-electron chi connectivity index (χ2n) is 9.67. The van der Waals surface area contributed by atoms with E-state index in [1.54, 1.807) is 23.1 Å². The summed E-state index contributed by atoms with van der Waals surface area (Å²) >= 11 is 0. The van der Waals surface area contributed by atoms with Crippen LogP contribution in [-0.2, 0) is 13.0 Å². The average molecular weight is 494 g/mol. The highest BCUT2D eigenvalue weighted by atomic mass is 19.1. The van der Waals surface area contributed by atoms with Crippen LogP contribution in [0.25, 0.3) is 11.4 Å². The van der Waals surface area contributed by atoms with Crippen molar-refractivity contribution >= 4 is 17.7 Å². The van der Waals surface area contributed by atoms with E-state index in [2.05, 4.69) is 0 Å². The van der Waals surface area contributed by atoms with E-state index in [4.69, 9.17) is 14.7 Å². The Kier molecular flexibility index (Phi) is 5.81. The average Bonchev–Trinajstić information content (AvgIpc) is 3.38. The van der Waals surface area contributed by atoms with Crippen molar-refractivity contribution in [1.82, 2.24) is 14.5 Å². The van der Waals surface area contributed by atoms with Gasteiger partial charge in [-0.3, -0.25) is 14.6 Å². The Morgan fingerprint density at radius 2 is 1.86 bits per heavy atom. The van der Waals surface area contributed by atoms with Gasteiger partial charge in [-0.1, -0.05) is 13.0 Å². The topological polar surface area (TPSA) is 63.0 Å². The summed E-state index contributed by atoms with van der Waals surface area (Å²) in [7, 11) is 1.41. The van der Waals surface area contributed by atoms with Gasteiger partial charge in [0.2, 0.25) is 5.96 Å². The summed E-state index contributed by atoms with van der Waals surface area (Å²) in [6.07, 6.45) is 0.648. The molecule has 1 amide bonds. The lowest BCUT2D eigenvalue weighted by atomic mass is 10.0. The molecule has 0 saturated heterocycles. The summed E-state index contributed by atoms with van der Waals surface area (Å²) in [6, 6.07) is 9.27. The number of imidazole rings is 1. The number of hydrogen-bond donors (Lipinski definition) is 0. The fourth-order valence-corrected chi connectivity index (χ4v) is 4.98. The molecule has 1 aromatic heterocycles. The molecule has 0 radical (unpaired) electrons. The van der Waals surface area contributed by atoms with Crippen LogP contribution in [0.15, 0.2) is 41.4 Å². The third-order valence-corrected chi connectivity index (χ3v) is 6.68. The maximum Gasteiger partial charge on any atom is 0.283 e. The van der Waals surface area contributed by atoms with Crippen LogP contribution < -0.4 is 9.64 Å². The quantitative estimate of drug-likeness (QED) is 0.491. The molecule has 5 rings (SSSR count). The van der Waals surface area contributed by atoms with Gasteiger partial charge in [0.15, 0.2) is 17.3 Å². The molecular weight excluding hydrogens is 464 g/mol. The molecule has 0 bridgehead atoms. The van der Waals surface area contributed by atoms with Crippen LogP contribution in [0.5, 0.6) is 5.75 Å². The third-order valence-electron chi connectivity index (χ3n) is 6.68. The first-order valence-electron chi connectivity index (χ1n) is 12.1. The molecule has 0 unspecified atom stereocenters. The number of carbonyl (C=O) groups excluding carboxylic acids is 1. The maximum atomic E-state index is 14.2. The van der Waals surface area contributed by atoms with Gasteiger partial charge in [-0.15, -0.1) is 0 Å². The molecule has 0 aliphatic carbocycles. The Bertz CT molecular complexity index is 1400. The van der Waals surface area contributed by atoms with Gasteiger partial charge in [0.25, 0.3) is 5.91 Å². The van der Waals surface area contributed by atoms with Crippen molar-refractivity contribution in [2.75, 3.05) is 25.1 Å². The summed E-state index contributed by atoms with van der Waals surface area (Å²) in [4.78, 5) is 26.9. The molecule has 7 nitrogen and oxygen atoms in total. The van der Waals surface area contributed by atoms with Crippen molar-refractivity contribution in [1.29, 1.82) is 0 Å². The third kappa shape index (κ3) is 3.83. The number of aryl methyl sites for hydroxylation is 1. The molecule has 2 aromatic carbocycles. The zero-order chi connectivity index (χ0) is 25.8. The van der Waals surface area contributed by atoms with Crippen LogP contribution in [0.4, 0.5) is 14.6 Å². The summed E-state index contributed by atoms with van der Waals surface area (Å²) in [6.45, 7) is 9.31. The van der Waals surface area contributed by atoms with Crippen LogP contribution in [0.3, 0.4) is 0 Å². The Balaban J connectivity index is 1.76. The normalized spacial score (nSPS) is 16.2. The number of benzene rings is 2. The fourth-order valence-electron chi connectivity index (χ4n) is 4.98. The maximum absolute atomic E-state index is 14.2. The highest BCUT2D eigenvalue weighted by Crippen LogP contribution is 2.39. The Morgan fingerprint density at radius 1 is 1.08 bits per heavy atom. The summed E-state index contributed by atoms with van der Waals surface area (Å²) < 4.78 is 35.4. The first-order chi connectivity index (χ1) is 17.2. The van der Waals surface area contributed by atoms with Crippen LogP contribution in [0.1, 0.15) is 49.3 Å². The van der Waals surface area contributed by atoms with Crippen molar-refractivity contribution < 1.29 is 18.3 Å². The van der Waals surface area contributed by atoms with Crippen LogP contribution in [0, 0.1) is 11.6 Å². The van der Waals surface area contributed by atoms with E-state index in [0.29, 0.717) is 54.9 Å². The number of rotatable bonds is 6. The van der Waals surface area contributed by atoms with Gasteiger partial charge in [0.05, 0.1) is 25.7 Å². The predicted octanol–water partition coefficient (Wildman–Crippen LogP) is 4.88. The lowest BCUT2D eigenvalue weighted by molar-refractivity contribution is 0.0841. The number of guanidine groups is 1. The Labute approximate surface area is 209 Å². The van der Waals surface area contributed by atoms with Gasteiger partial charge in [-0.25, -0.2) is 18.8 Å². The summed E-state index contributed by atoms with van der Waals surface area (Å²) in [5, 5.41) is 0. The van der Waals surface area contributed by atoms with E-state index in [-0.39, 0.29) is 17.5 Å². The van der Waals surface area contributed by atoms with Gasteiger partial charge >= 0.3 is 0 Å². The Morgan fingerprint density at radius 3 is 2.56 bits per heavy atom. The molecule has 2 aliphatic heterocycles. The zero-order valence-corrected chi connectivity index (χ0v) is 21.1. The van der Waals surface area contributed by atoms with E-state index < -0.39 is 11.4 Å². The lowest BCUT2D eigenvalue weighted by Crippen LogP contribution is -2.51. The minimum Gasteiger partial charge on any atom is -0.494 e. The number of amides is 1. The minimum atomic E-state index is -0.486. The first kappa shape index (κ1) is 24.0. The largest absolute Gasteiger partial charge is 0.494 e. The molecule has 36 heavy (non-hydrogen) atoms. The summed E-state index contributed by atoms with van der Waals surface area (Å²) in [5.74, 6) is 0.806. The predicted molar refractivity (Wildman–Crippen MR) is 135 cm³/mol. The van der Waals surface area contributed by atoms with Gasteiger partial charge in [-0.2, -0.15) is 0 Å². The second kappa shape index (κ2) is 8.72. The molecule has 0 saturated carbocycles. The molecule has 3 heterocycles. The number of halogens is 2. The lowest BCUT2D eigenvalue weighted by Gasteiger charge is -2.34. The zero-order valence-electron chi connectivity index (χ0n) is 21.1. The highest BCUT2D eigenvalue weighted by molar-refractivity contribution is 6.18. The number of aromatic nitrogens is 2. The molecule has 3 aromatic rings. The van der Waals surface area contributed by atoms with Crippen molar-refractivity contribution in [2.45, 2.75) is 46.2 Å². The molecule has 188 valence electrons. The van der Waals surface area contributed by atoms with Gasteiger partial charge in [0.1, 0.15) is 17.5 Å². The number of methoxy groups -OCH3 is 1. The van der Waals surface area contributed by atoms with Crippen molar-refractivity contribution in [3.8, 4) is 17.1 Å². The number of ether oxygens (including phenoxy) is 1. The van der Waals surface area contributed by atoms with Crippen molar-refractivity contribution in [3.63, 3.8) is 0 Å². The minimum absolute atomic E-state index is 0.0853. The van der Waals surface area contributed by atoms with Gasteiger partial charge in [-0.05, 0) is 68.7 Å². The number of anilines is 1.